The Labute approximate surface area is 135 Å². The smallest absolute Gasteiger partial charge is 0.310 e. The Morgan fingerprint density at radius 1 is 1.17 bits per heavy atom. The molecule has 1 aromatic carbocycles. The quantitative estimate of drug-likeness (QED) is 0.787. The largest absolute Gasteiger partial charge is 0.455 e. The highest BCUT2D eigenvalue weighted by Crippen LogP contribution is 2.18. The lowest BCUT2D eigenvalue weighted by Crippen LogP contribution is -2.28. The summed E-state index contributed by atoms with van der Waals surface area (Å²) >= 11 is 0. The average molecular weight is 315 g/mol. The number of amides is 1. The highest BCUT2D eigenvalue weighted by molar-refractivity contribution is 5.81. The lowest BCUT2D eigenvalue weighted by molar-refractivity contribution is -0.150. The number of nitrogens with zero attached hydrogens (tertiary/aromatic N) is 3. The van der Waals surface area contributed by atoms with Crippen molar-refractivity contribution in [3.8, 4) is 5.69 Å². The molecule has 0 aliphatic rings. The van der Waals surface area contributed by atoms with E-state index < -0.39 is 5.97 Å². The monoisotopic (exact) mass is 315 g/mol. The second-order valence-corrected chi connectivity index (χ2v) is 5.52. The first-order valence-electron chi connectivity index (χ1n) is 7.36. The Bertz CT molecular complexity index is 705. The van der Waals surface area contributed by atoms with Gasteiger partial charge < -0.3 is 9.64 Å². The molecule has 0 bridgehead atoms. The van der Waals surface area contributed by atoms with Crippen molar-refractivity contribution in [2.45, 2.75) is 20.3 Å². The van der Waals surface area contributed by atoms with Gasteiger partial charge in [-0.15, -0.1) is 0 Å². The van der Waals surface area contributed by atoms with E-state index in [1.165, 1.54) is 4.90 Å². The van der Waals surface area contributed by atoms with E-state index in [9.17, 15) is 9.59 Å². The van der Waals surface area contributed by atoms with Crippen molar-refractivity contribution in [1.82, 2.24) is 14.7 Å². The Morgan fingerprint density at radius 3 is 2.43 bits per heavy atom. The summed E-state index contributed by atoms with van der Waals surface area (Å²) in [5, 5.41) is 4.49. The minimum Gasteiger partial charge on any atom is -0.455 e. The van der Waals surface area contributed by atoms with E-state index in [2.05, 4.69) is 5.10 Å². The van der Waals surface area contributed by atoms with Crippen LogP contribution in [0, 0.1) is 13.8 Å². The van der Waals surface area contributed by atoms with Gasteiger partial charge in [0, 0.05) is 25.4 Å². The predicted octanol–water partition coefficient (Wildman–Crippen LogP) is 1.66. The number of carbonyl (C=O) groups is 2. The maximum Gasteiger partial charge on any atom is 0.310 e. The first-order valence-corrected chi connectivity index (χ1v) is 7.36. The summed E-state index contributed by atoms with van der Waals surface area (Å²) in [7, 11) is 3.24. The van der Waals surface area contributed by atoms with Crippen LogP contribution < -0.4 is 0 Å². The molecule has 0 fully saturated rings. The van der Waals surface area contributed by atoms with Gasteiger partial charge in [0.2, 0.25) is 0 Å². The van der Waals surface area contributed by atoms with Crippen LogP contribution in [0.5, 0.6) is 0 Å². The van der Waals surface area contributed by atoms with Crippen LogP contribution >= 0.6 is 0 Å². The zero-order valence-electron chi connectivity index (χ0n) is 13.9. The van der Waals surface area contributed by atoms with Crippen LogP contribution in [0.2, 0.25) is 0 Å². The van der Waals surface area contributed by atoms with Crippen molar-refractivity contribution in [1.29, 1.82) is 0 Å². The van der Waals surface area contributed by atoms with E-state index in [-0.39, 0.29) is 18.9 Å². The number of para-hydroxylation sites is 1. The van der Waals surface area contributed by atoms with E-state index in [0.29, 0.717) is 0 Å². The summed E-state index contributed by atoms with van der Waals surface area (Å²) in [6, 6.07) is 9.73. The Kier molecular flexibility index (Phi) is 5.16. The molecule has 0 unspecified atom stereocenters. The van der Waals surface area contributed by atoms with Crippen LogP contribution in [0.1, 0.15) is 17.0 Å². The molecule has 0 saturated carbocycles. The zero-order chi connectivity index (χ0) is 17.0. The lowest BCUT2D eigenvalue weighted by Gasteiger charge is -2.10. The van der Waals surface area contributed by atoms with Crippen molar-refractivity contribution >= 4 is 11.9 Å². The minimum atomic E-state index is -0.431. The molecule has 0 spiro atoms. The SMILES string of the molecule is Cc1nn(-c2ccccc2)c(C)c1CC(=O)OCC(=O)N(C)C. The van der Waals surface area contributed by atoms with Crippen LogP contribution in [0.25, 0.3) is 5.69 Å². The predicted molar refractivity (Wildman–Crippen MR) is 86.4 cm³/mol. The molecule has 6 nitrogen and oxygen atoms in total. The Morgan fingerprint density at radius 2 is 1.83 bits per heavy atom. The van der Waals surface area contributed by atoms with Crippen molar-refractivity contribution in [2.24, 2.45) is 0 Å². The molecular formula is C17H21N3O3. The number of aromatic nitrogens is 2. The molecule has 0 N–H and O–H groups in total. The zero-order valence-corrected chi connectivity index (χ0v) is 13.9. The molecule has 1 heterocycles. The minimum absolute atomic E-state index is 0.102. The van der Waals surface area contributed by atoms with E-state index >= 15 is 0 Å². The molecular weight excluding hydrogens is 294 g/mol. The summed E-state index contributed by atoms with van der Waals surface area (Å²) in [6.07, 6.45) is 0.102. The van der Waals surface area contributed by atoms with E-state index in [1.807, 2.05) is 48.9 Å². The van der Waals surface area contributed by atoms with Gasteiger partial charge in [0.15, 0.2) is 6.61 Å². The van der Waals surface area contributed by atoms with Crippen molar-refractivity contribution in [3.63, 3.8) is 0 Å². The highest BCUT2D eigenvalue weighted by atomic mass is 16.5. The van der Waals surface area contributed by atoms with Gasteiger partial charge in [-0.2, -0.15) is 5.10 Å². The van der Waals surface area contributed by atoms with Gasteiger partial charge >= 0.3 is 5.97 Å². The Hall–Kier alpha value is -2.63. The van der Waals surface area contributed by atoms with Gasteiger partial charge in [-0.25, -0.2) is 4.68 Å². The van der Waals surface area contributed by atoms with Crippen molar-refractivity contribution in [3.05, 3.63) is 47.3 Å². The number of hydrogen-bond acceptors (Lipinski definition) is 4. The average Bonchev–Trinajstić information content (AvgIpc) is 2.81. The normalized spacial score (nSPS) is 10.4. The third kappa shape index (κ3) is 3.97. The molecule has 1 aromatic heterocycles. The molecule has 0 atom stereocenters. The van der Waals surface area contributed by atoms with Gasteiger partial charge in [0.05, 0.1) is 17.8 Å². The van der Waals surface area contributed by atoms with Gasteiger partial charge in [-0.05, 0) is 26.0 Å². The maximum absolute atomic E-state index is 12.0. The van der Waals surface area contributed by atoms with Gasteiger partial charge in [-0.3, -0.25) is 9.59 Å². The second-order valence-electron chi connectivity index (χ2n) is 5.52. The van der Waals surface area contributed by atoms with Gasteiger partial charge in [0.1, 0.15) is 0 Å². The molecule has 0 aliphatic heterocycles. The van der Waals surface area contributed by atoms with Gasteiger partial charge in [0.25, 0.3) is 5.91 Å². The first-order chi connectivity index (χ1) is 10.9. The number of esters is 1. The molecule has 2 rings (SSSR count). The van der Waals surface area contributed by atoms with Crippen LogP contribution in [0.3, 0.4) is 0 Å². The van der Waals surface area contributed by atoms with E-state index in [4.69, 9.17) is 4.74 Å². The van der Waals surface area contributed by atoms with Crippen molar-refractivity contribution in [2.75, 3.05) is 20.7 Å². The summed E-state index contributed by atoms with van der Waals surface area (Å²) < 4.78 is 6.84. The van der Waals surface area contributed by atoms with E-state index in [1.54, 1.807) is 14.1 Å². The maximum atomic E-state index is 12.0. The van der Waals surface area contributed by atoms with Crippen molar-refractivity contribution < 1.29 is 14.3 Å². The summed E-state index contributed by atoms with van der Waals surface area (Å²) in [5.74, 6) is -0.675. The molecule has 23 heavy (non-hydrogen) atoms. The number of rotatable bonds is 5. The Balaban J connectivity index is 2.11. The summed E-state index contributed by atoms with van der Waals surface area (Å²) in [5.41, 5.74) is 3.44. The van der Waals surface area contributed by atoms with Crippen LogP contribution in [0.15, 0.2) is 30.3 Å². The van der Waals surface area contributed by atoms with E-state index in [0.717, 1.165) is 22.6 Å². The van der Waals surface area contributed by atoms with Crippen LogP contribution in [0.4, 0.5) is 0 Å². The fourth-order valence-corrected chi connectivity index (χ4v) is 2.22. The van der Waals surface area contributed by atoms with Crippen LogP contribution in [-0.2, 0) is 20.7 Å². The fraction of sp³-hybridized carbons (Fsp3) is 0.353. The molecule has 1 amide bonds. The van der Waals surface area contributed by atoms with Gasteiger partial charge in [-0.1, -0.05) is 18.2 Å². The van der Waals surface area contributed by atoms with Crippen LogP contribution in [-0.4, -0.2) is 47.3 Å². The molecule has 122 valence electrons. The standard InChI is InChI=1S/C17H21N3O3/c1-12-15(10-17(22)23-11-16(21)19(3)4)13(2)20(18-12)14-8-6-5-7-9-14/h5-9H,10-11H2,1-4H3. The summed E-state index contributed by atoms with van der Waals surface area (Å²) in [6.45, 7) is 3.54. The molecule has 0 saturated heterocycles. The molecule has 6 heteroatoms. The lowest BCUT2D eigenvalue weighted by atomic mass is 10.1. The topological polar surface area (TPSA) is 64.4 Å². The number of likely N-dealkylation sites (N-methyl/N-ethyl adjacent to an activating group) is 1. The molecule has 0 aliphatic carbocycles. The second kappa shape index (κ2) is 7.09. The number of hydrogen-bond donors (Lipinski definition) is 0. The number of ether oxygens (including phenoxy) is 1. The highest BCUT2D eigenvalue weighted by Gasteiger charge is 2.17. The third-order valence-corrected chi connectivity index (χ3v) is 3.62. The number of benzene rings is 1. The molecule has 0 radical (unpaired) electrons. The number of aryl methyl sites for hydroxylation is 1. The summed E-state index contributed by atoms with van der Waals surface area (Å²) in [4.78, 5) is 24.8. The fourth-order valence-electron chi connectivity index (χ4n) is 2.22. The third-order valence-electron chi connectivity index (χ3n) is 3.62. The molecule has 2 aromatic rings. The first kappa shape index (κ1) is 16.7. The number of carbonyl (C=O) groups excluding carboxylic acids is 2.